The Hall–Kier alpha value is -0.870. The molecule has 2 aliphatic heterocycles. The van der Waals surface area contributed by atoms with E-state index >= 15 is 0 Å². The Balaban J connectivity index is 1.63. The summed E-state index contributed by atoms with van der Waals surface area (Å²) in [5.41, 5.74) is 1.45. The van der Waals surface area contributed by atoms with E-state index in [0.717, 1.165) is 19.0 Å². The van der Waals surface area contributed by atoms with Crippen molar-refractivity contribution in [1.82, 2.24) is 19.8 Å². The third-order valence-electron chi connectivity index (χ3n) is 4.73. The van der Waals surface area contributed by atoms with Gasteiger partial charge in [0, 0.05) is 37.4 Å². The number of piperidine rings is 1. The molecule has 106 valence electrons. The van der Waals surface area contributed by atoms with Crippen molar-refractivity contribution < 1.29 is 0 Å². The highest BCUT2D eigenvalue weighted by Gasteiger charge is 2.24. The lowest BCUT2D eigenvalue weighted by Crippen LogP contribution is -2.30. The minimum atomic E-state index is 0.667. The van der Waals surface area contributed by atoms with E-state index in [2.05, 4.69) is 32.9 Å². The van der Waals surface area contributed by atoms with Crippen LogP contribution in [0.25, 0.3) is 0 Å². The second-order valence-electron chi connectivity index (χ2n) is 6.06. The molecule has 0 spiro atoms. The van der Waals surface area contributed by atoms with Crippen LogP contribution in [0.2, 0.25) is 0 Å². The van der Waals surface area contributed by atoms with Crippen LogP contribution in [0, 0.1) is 5.92 Å². The zero-order chi connectivity index (χ0) is 13.1. The van der Waals surface area contributed by atoms with Gasteiger partial charge in [0.1, 0.15) is 0 Å². The number of nitrogens with one attached hydrogen (secondary N) is 1. The second-order valence-corrected chi connectivity index (χ2v) is 6.06. The molecule has 1 aromatic heterocycles. The van der Waals surface area contributed by atoms with Gasteiger partial charge < -0.3 is 14.8 Å². The highest BCUT2D eigenvalue weighted by atomic mass is 15.2. The Labute approximate surface area is 116 Å². The van der Waals surface area contributed by atoms with Crippen LogP contribution < -0.4 is 5.32 Å². The molecule has 0 saturated carbocycles. The lowest BCUT2D eigenvalue weighted by atomic mass is 9.96. The maximum absolute atomic E-state index is 4.40. The molecule has 0 aromatic carbocycles. The molecule has 2 atom stereocenters. The van der Waals surface area contributed by atoms with Gasteiger partial charge in [-0.2, -0.15) is 0 Å². The predicted octanol–water partition coefficient (Wildman–Crippen LogP) is 1.69. The third-order valence-corrected chi connectivity index (χ3v) is 4.73. The Bertz CT molecular complexity index is 395. The standard InChI is InChI=1S/C15H26N4/c1-2-18-7-5-13(10-18)11-19-12-17-9-15(19)14-4-3-6-16-8-14/h9,12-14,16H,2-8,10-11H2,1H3. The van der Waals surface area contributed by atoms with Crippen molar-refractivity contribution in [2.45, 2.75) is 38.6 Å². The van der Waals surface area contributed by atoms with Crippen LogP contribution in [0.3, 0.4) is 0 Å². The Morgan fingerprint density at radius 2 is 2.37 bits per heavy atom. The van der Waals surface area contributed by atoms with Gasteiger partial charge in [0.25, 0.3) is 0 Å². The van der Waals surface area contributed by atoms with Crippen molar-refractivity contribution in [3.8, 4) is 0 Å². The summed E-state index contributed by atoms with van der Waals surface area (Å²) in [6.45, 7) is 9.45. The summed E-state index contributed by atoms with van der Waals surface area (Å²) in [5, 5.41) is 3.51. The molecule has 0 amide bonds. The number of nitrogens with zero attached hydrogens (tertiary/aromatic N) is 3. The number of hydrogen-bond acceptors (Lipinski definition) is 3. The first-order valence-electron chi connectivity index (χ1n) is 7.80. The molecule has 2 fully saturated rings. The maximum atomic E-state index is 4.40. The highest BCUT2D eigenvalue weighted by Crippen LogP contribution is 2.25. The fourth-order valence-corrected chi connectivity index (χ4v) is 3.56. The first kappa shape index (κ1) is 13.1. The zero-order valence-corrected chi connectivity index (χ0v) is 12.0. The molecule has 4 nitrogen and oxygen atoms in total. The molecule has 2 aliphatic rings. The summed E-state index contributed by atoms with van der Waals surface area (Å²) >= 11 is 0. The number of aromatic nitrogens is 2. The molecule has 2 saturated heterocycles. The molecular formula is C15H26N4. The van der Waals surface area contributed by atoms with Crippen LogP contribution in [0.1, 0.15) is 37.8 Å². The van der Waals surface area contributed by atoms with E-state index in [-0.39, 0.29) is 0 Å². The van der Waals surface area contributed by atoms with Gasteiger partial charge >= 0.3 is 0 Å². The van der Waals surface area contributed by atoms with Crippen molar-refractivity contribution in [2.75, 3.05) is 32.7 Å². The smallest absolute Gasteiger partial charge is 0.0948 e. The molecule has 4 heteroatoms. The second kappa shape index (κ2) is 6.06. The normalized spacial score (nSPS) is 28.9. The van der Waals surface area contributed by atoms with Gasteiger partial charge in [0.05, 0.1) is 6.33 Å². The van der Waals surface area contributed by atoms with Gasteiger partial charge in [0.2, 0.25) is 0 Å². The first-order valence-corrected chi connectivity index (χ1v) is 7.80. The Morgan fingerprint density at radius 3 is 3.11 bits per heavy atom. The van der Waals surface area contributed by atoms with Gasteiger partial charge in [-0.15, -0.1) is 0 Å². The number of hydrogen-bond donors (Lipinski definition) is 1. The fraction of sp³-hybridized carbons (Fsp3) is 0.800. The van der Waals surface area contributed by atoms with E-state index in [1.807, 2.05) is 6.33 Å². The first-order chi connectivity index (χ1) is 9.36. The predicted molar refractivity (Wildman–Crippen MR) is 77.3 cm³/mol. The van der Waals surface area contributed by atoms with Crippen molar-refractivity contribution in [1.29, 1.82) is 0 Å². The monoisotopic (exact) mass is 262 g/mol. The Kier molecular flexibility index (Phi) is 4.18. The van der Waals surface area contributed by atoms with Crippen molar-refractivity contribution in [3.05, 3.63) is 18.2 Å². The van der Waals surface area contributed by atoms with E-state index in [4.69, 9.17) is 0 Å². The van der Waals surface area contributed by atoms with E-state index < -0.39 is 0 Å². The van der Waals surface area contributed by atoms with Crippen molar-refractivity contribution in [2.24, 2.45) is 5.92 Å². The van der Waals surface area contributed by atoms with Crippen LogP contribution in [-0.4, -0.2) is 47.2 Å². The quantitative estimate of drug-likeness (QED) is 0.896. The summed E-state index contributed by atoms with van der Waals surface area (Å²) in [4.78, 5) is 6.96. The van der Waals surface area contributed by atoms with Gasteiger partial charge in [-0.25, -0.2) is 4.98 Å². The number of imidazole rings is 1. The van der Waals surface area contributed by atoms with Crippen LogP contribution >= 0.6 is 0 Å². The van der Waals surface area contributed by atoms with Gasteiger partial charge in [-0.3, -0.25) is 0 Å². The van der Waals surface area contributed by atoms with E-state index in [0.29, 0.717) is 5.92 Å². The molecule has 0 radical (unpaired) electrons. The van der Waals surface area contributed by atoms with E-state index in [1.165, 1.54) is 51.1 Å². The summed E-state index contributed by atoms with van der Waals surface area (Å²) in [6, 6.07) is 0. The summed E-state index contributed by atoms with van der Waals surface area (Å²) in [5.74, 6) is 1.48. The third kappa shape index (κ3) is 3.00. The average molecular weight is 262 g/mol. The summed E-state index contributed by atoms with van der Waals surface area (Å²) in [6.07, 6.45) is 8.07. The molecule has 1 N–H and O–H groups in total. The molecule has 19 heavy (non-hydrogen) atoms. The molecule has 0 aliphatic carbocycles. The molecule has 1 aromatic rings. The molecule has 0 bridgehead atoms. The lowest BCUT2D eigenvalue weighted by molar-refractivity contribution is 0.329. The summed E-state index contributed by atoms with van der Waals surface area (Å²) in [7, 11) is 0. The summed E-state index contributed by atoms with van der Waals surface area (Å²) < 4.78 is 2.42. The zero-order valence-electron chi connectivity index (χ0n) is 12.0. The van der Waals surface area contributed by atoms with E-state index in [9.17, 15) is 0 Å². The number of rotatable bonds is 4. The fourth-order valence-electron chi connectivity index (χ4n) is 3.56. The minimum absolute atomic E-state index is 0.667. The number of likely N-dealkylation sites (tertiary alicyclic amines) is 1. The molecular weight excluding hydrogens is 236 g/mol. The lowest BCUT2D eigenvalue weighted by Gasteiger charge is -2.24. The molecule has 3 heterocycles. The minimum Gasteiger partial charge on any atom is -0.334 e. The van der Waals surface area contributed by atoms with Crippen LogP contribution in [-0.2, 0) is 6.54 Å². The van der Waals surface area contributed by atoms with Crippen LogP contribution in [0.4, 0.5) is 0 Å². The van der Waals surface area contributed by atoms with Crippen molar-refractivity contribution in [3.63, 3.8) is 0 Å². The largest absolute Gasteiger partial charge is 0.334 e. The maximum Gasteiger partial charge on any atom is 0.0948 e. The van der Waals surface area contributed by atoms with Crippen molar-refractivity contribution >= 4 is 0 Å². The Morgan fingerprint density at radius 1 is 1.42 bits per heavy atom. The molecule has 2 unspecified atom stereocenters. The molecule has 3 rings (SSSR count). The van der Waals surface area contributed by atoms with Gasteiger partial charge in [-0.1, -0.05) is 6.92 Å². The van der Waals surface area contributed by atoms with Crippen LogP contribution in [0.5, 0.6) is 0 Å². The van der Waals surface area contributed by atoms with Gasteiger partial charge in [-0.05, 0) is 44.8 Å². The highest BCUT2D eigenvalue weighted by molar-refractivity contribution is 5.08. The topological polar surface area (TPSA) is 33.1 Å². The van der Waals surface area contributed by atoms with Crippen LogP contribution in [0.15, 0.2) is 12.5 Å². The van der Waals surface area contributed by atoms with E-state index in [1.54, 1.807) is 0 Å². The SMILES string of the molecule is CCN1CCC(Cn2cncc2C2CCCNC2)C1. The average Bonchev–Trinajstić information content (AvgIpc) is 3.09. The van der Waals surface area contributed by atoms with Gasteiger partial charge in [0.15, 0.2) is 0 Å².